The Morgan fingerprint density at radius 1 is 1.16 bits per heavy atom. The van der Waals surface area contributed by atoms with Gasteiger partial charge in [-0.1, -0.05) is 35.3 Å². The van der Waals surface area contributed by atoms with Gasteiger partial charge in [0, 0.05) is 10.0 Å². The standard InChI is InChI=1S/C17H9BrCl2FNO2S/c18-12-5-9(1-4-14(12)21)6-15-16(23)22(17(24)25-15)8-10-2-3-11(19)7-13(10)20/h1-7H,8H2/b15-6+. The smallest absolute Gasteiger partial charge is 0.268 e. The molecule has 3 nitrogen and oxygen atoms in total. The predicted molar refractivity (Wildman–Crippen MR) is 102 cm³/mol. The number of amides is 2. The molecule has 0 saturated carbocycles. The van der Waals surface area contributed by atoms with Crippen LogP contribution >= 0.6 is 50.9 Å². The number of rotatable bonds is 3. The van der Waals surface area contributed by atoms with Gasteiger partial charge in [-0.25, -0.2) is 4.39 Å². The summed E-state index contributed by atoms with van der Waals surface area (Å²) in [6, 6.07) is 9.24. The second kappa shape index (κ2) is 7.50. The van der Waals surface area contributed by atoms with Crippen molar-refractivity contribution in [1.29, 1.82) is 0 Å². The highest BCUT2D eigenvalue weighted by Gasteiger charge is 2.35. The molecule has 0 atom stereocenters. The summed E-state index contributed by atoms with van der Waals surface area (Å²) in [5, 5.41) is 0.478. The second-order valence-electron chi connectivity index (χ2n) is 5.18. The van der Waals surface area contributed by atoms with E-state index in [1.54, 1.807) is 30.3 Å². The average Bonchev–Trinajstić information content (AvgIpc) is 2.81. The Hall–Kier alpha value is -1.34. The van der Waals surface area contributed by atoms with Gasteiger partial charge >= 0.3 is 0 Å². The molecule has 0 spiro atoms. The van der Waals surface area contributed by atoms with Crippen LogP contribution in [0.3, 0.4) is 0 Å². The van der Waals surface area contributed by atoms with Crippen LogP contribution in [0, 0.1) is 5.82 Å². The molecule has 1 aliphatic heterocycles. The zero-order valence-corrected chi connectivity index (χ0v) is 16.3. The molecule has 2 aromatic rings. The zero-order chi connectivity index (χ0) is 18.1. The largest absolute Gasteiger partial charge is 0.293 e. The third-order valence-corrected chi connectivity index (χ3v) is 5.56. The maximum Gasteiger partial charge on any atom is 0.293 e. The predicted octanol–water partition coefficient (Wildman–Crippen LogP) is 6.13. The molecular weight excluding hydrogens is 452 g/mol. The Morgan fingerprint density at radius 2 is 1.92 bits per heavy atom. The van der Waals surface area contributed by atoms with E-state index < -0.39 is 11.7 Å². The quantitative estimate of drug-likeness (QED) is 0.517. The van der Waals surface area contributed by atoms with E-state index in [9.17, 15) is 14.0 Å². The first-order valence-electron chi connectivity index (χ1n) is 6.99. The molecule has 1 aliphatic rings. The van der Waals surface area contributed by atoms with Crippen LogP contribution in [0.25, 0.3) is 6.08 Å². The number of hydrogen-bond acceptors (Lipinski definition) is 3. The molecule has 1 saturated heterocycles. The summed E-state index contributed by atoms with van der Waals surface area (Å²) in [4.78, 5) is 26.1. The third-order valence-electron chi connectivity index (χ3n) is 3.46. The van der Waals surface area contributed by atoms with Gasteiger partial charge in [0.25, 0.3) is 11.1 Å². The molecule has 0 bridgehead atoms. The minimum Gasteiger partial charge on any atom is -0.268 e. The highest BCUT2D eigenvalue weighted by Crippen LogP contribution is 2.35. The van der Waals surface area contributed by atoms with Gasteiger partial charge in [0.15, 0.2) is 0 Å². The highest BCUT2D eigenvalue weighted by molar-refractivity contribution is 9.10. The first-order valence-corrected chi connectivity index (χ1v) is 9.36. The number of nitrogens with zero attached hydrogens (tertiary/aromatic N) is 1. The lowest BCUT2D eigenvalue weighted by atomic mass is 10.2. The Morgan fingerprint density at radius 3 is 2.60 bits per heavy atom. The van der Waals surface area contributed by atoms with Gasteiger partial charge in [0.1, 0.15) is 5.82 Å². The SMILES string of the molecule is O=C1S/C(=C/c2ccc(F)c(Br)c2)C(=O)N1Cc1ccc(Cl)cc1Cl. The fraction of sp³-hybridized carbons (Fsp3) is 0.0588. The molecule has 2 aromatic carbocycles. The highest BCUT2D eigenvalue weighted by atomic mass is 79.9. The Bertz CT molecular complexity index is 920. The van der Waals surface area contributed by atoms with Crippen molar-refractivity contribution in [2.24, 2.45) is 0 Å². The first-order chi connectivity index (χ1) is 11.8. The van der Waals surface area contributed by atoms with Crippen molar-refractivity contribution in [2.75, 3.05) is 0 Å². The number of thioether (sulfide) groups is 1. The molecular formula is C17H9BrCl2FNO2S. The summed E-state index contributed by atoms with van der Waals surface area (Å²) in [7, 11) is 0. The monoisotopic (exact) mass is 459 g/mol. The molecule has 0 aliphatic carbocycles. The van der Waals surface area contributed by atoms with Crippen molar-refractivity contribution in [2.45, 2.75) is 6.54 Å². The average molecular weight is 461 g/mol. The fourth-order valence-corrected chi connectivity index (χ4v) is 3.91. The minimum atomic E-state index is -0.415. The summed E-state index contributed by atoms with van der Waals surface area (Å²) >= 11 is 15.9. The van der Waals surface area contributed by atoms with E-state index >= 15 is 0 Å². The van der Waals surface area contributed by atoms with Crippen LogP contribution in [0.5, 0.6) is 0 Å². The van der Waals surface area contributed by atoms with Gasteiger partial charge in [-0.15, -0.1) is 0 Å². The lowest BCUT2D eigenvalue weighted by Gasteiger charge is -2.13. The van der Waals surface area contributed by atoms with Crippen LogP contribution in [-0.2, 0) is 11.3 Å². The minimum absolute atomic E-state index is 0.0606. The zero-order valence-electron chi connectivity index (χ0n) is 12.4. The Balaban J connectivity index is 1.84. The fourth-order valence-electron chi connectivity index (χ4n) is 2.21. The topological polar surface area (TPSA) is 37.4 Å². The number of imide groups is 1. The lowest BCUT2D eigenvalue weighted by Crippen LogP contribution is -2.27. The third kappa shape index (κ3) is 4.08. The van der Waals surface area contributed by atoms with Gasteiger partial charge in [-0.2, -0.15) is 0 Å². The maximum absolute atomic E-state index is 13.3. The van der Waals surface area contributed by atoms with E-state index in [1.165, 1.54) is 12.1 Å². The van der Waals surface area contributed by atoms with Crippen molar-refractivity contribution < 1.29 is 14.0 Å². The normalized spacial score (nSPS) is 16.2. The van der Waals surface area contributed by atoms with Crippen molar-refractivity contribution in [3.63, 3.8) is 0 Å². The molecule has 0 radical (unpaired) electrons. The van der Waals surface area contributed by atoms with Crippen LogP contribution < -0.4 is 0 Å². The van der Waals surface area contributed by atoms with E-state index in [0.717, 1.165) is 16.7 Å². The maximum atomic E-state index is 13.3. The Kier molecular flexibility index (Phi) is 5.53. The van der Waals surface area contributed by atoms with Gasteiger partial charge in [0.05, 0.1) is 15.9 Å². The summed E-state index contributed by atoms with van der Waals surface area (Å²) in [5.41, 5.74) is 1.24. The number of carbonyl (C=O) groups is 2. The van der Waals surface area contributed by atoms with E-state index in [2.05, 4.69) is 15.9 Å². The van der Waals surface area contributed by atoms with E-state index in [4.69, 9.17) is 23.2 Å². The molecule has 1 heterocycles. The number of halogens is 4. The number of benzene rings is 2. The van der Waals surface area contributed by atoms with Crippen molar-refractivity contribution in [1.82, 2.24) is 4.90 Å². The van der Waals surface area contributed by atoms with E-state index in [1.807, 2.05) is 0 Å². The number of hydrogen-bond donors (Lipinski definition) is 0. The van der Waals surface area contributed by atoms with Crippen molar-refractivity contribution >= 4 is 68.1 Å². The summed E-state index contributed by atoms with van der Waals surface area (Å²) in [6.45, 7) is 0.0606. The van der Waals surface area contributed by atoms with Gasteiger partial charge in [0.2, 0.25) is 0 Å². The molecule has 25 heavy (non-hydrogen) atoms. The lowest BCUT2D eigenvalue weighted by molar-refractivity contribution is -0.123. The first kappa shape index (κ1) is 18.5. The number of carbonyl (C=O) groups excluding carboxylic acids is 2. The molecule has 1 fully saturated rings. The van der Waals surface area contributed by atoms with E-state index in [0.29, 0.717) is 21.2 Å². The van der Waals surface area contributed by atoms with Crippen molar-refractivity contribution in [3.8, 4) is 0 Å². The second-order valence-corrected chi connectivity index (χ2v) is 7.87. The summed E-state index contributed by atoms with van der Waals surface area (Å²) in [5.74, 6) is -0.816. The van der Waals surface area contributed by atoms with E-state index in [-0.39, 0.29) is 21.2 Å². The molecule has 2 amide bonds. The molecule has 128 valence electrons. The van der Waals surface area contributed by atoms with Crippen LogP contribution in [0.15, 0.2) is 45.8 Å². The summed E-state index contributed by atoms with van der Waals surface area (Å²) < 4.78 is 13.6. The van der Waals surface area contributed by atoms with Crippen LogP contribution in [0.4, 0.5) is 9.18 Å². The molecule has 0 N–H and O–H groups in total. The van der Waals surface area contributed by atoms with Crippen molar-refractivity contribution in [3.05, 3.63) is 72.8 Å². The van der Waals surface area contributed by atoms with Crippen LogP contribution in [0.2, 0.25) is 10.0 Å². The molecule has 0 aromatic heterocycles. The Labute approximate surface area is 165 Å². The van der Waals surface area contributed by atoms with Crippen LogP contribution in [-0.4, -0.2) is 16.0 Å². The molecule has 0 unspecified atom stereocenters. The van der Waals surface area contributed by atoms with Crippen LogP contribution in [0.1, 0.15) is 11.1 Å². The van der Waals surface area contributed by atoms with Gasteiger partial charge in [-0.3, -0.25) is 14.5 Å². The molecule has 3 rings (SSSR count). The van der Waals surface area contributed by atoms with Gasteiger partial charge < -0.3 is 0 Å². The summed E-state index contributed by atoms with van der Waals surface area (Å²) in [6.07, 6.45) is 1.55. The molecule has 8 heteroatoms. The van der Waals surface area contributed by atoms with Gasteiger partial charge in [-0.05, 0) is 69.2 Å².